The Kier molecular flexibility index (Phi) is 2.79. The molecule has 1 aliphatic heterocycles. The Balaban J connectivity index is 2.17. The van der Waals surface area contributed by atoms with Crippen molar-refractivity contribution in [2.45, 2.75) is 0 Å². The lowest BCUT2D eigenvalue weighted by molar-refractivity contribution is 0.0686. The van der Waals surface area contributed by atoms with Crippen LogP contribution >= 0.6 is 0 Å². The van der Waals surface area contributed by atoms with Gasteiger partial charge in [0.05, 0.1) is 0 Å². The van der Waals surface area contributed by atoms with Crippen molar-refractivity contribution >= 4 is 5.97 Å². The van der Waals surface area contributed by atoms with Gasteiger partial charge in [0.2, 0.25) is 0 Å². The number of fused-ring (bicyclic) bond motifs is 1. The fourth-order valence-corrected chi connectivity index (χ4v) is 2.01. The highest BCUT2D eigenvalue weighted by Gasteiger charge is 2.22. The van der Waals surface area contributed by atoms with E-state index >= 15 is 0 Å². The molecule has 0 amide bonds. The van der Waals surface area contributed by atoms with Crippen LogP contribution in [0.1, 0.15) is 10.4 Å². The van der Waals surface area contributed by atoms with Gasteiger partial charge in [-0.25, -0.2) is 4.79 Å². The molecular formula is C14H11NO4. The molecule has 0 spiro atoms. The van der Waals surface area contributed by atoms with E-state index in [-0.39, 0.29) is 5.56 Å². The standard InChI is InChI=1S/C14H11NO4/c16-14(17)11-6-10(9-2-1-3-15-8-9)7-12-13(11)19-5-4-18-12/h1-3,6-8H,4-5H2,(H,16,17). The molecule has 1 aromatic heterocycles. The predicted octanol–water partition coefficient (Wildman–Crippen LogP) is 2.22. The Hall–Kier alpha value is -2.56. The van der Waals surface area contributed by atoms with E-state index in [2.05, 4.69) is 4.98 Å². The number of carbonyl (C=O) groups is 1. The van der Waals surface area contributed by atoms with Crippen LogP contribution in [0.15, 0.2) is 36.7 Å². The monoisotopic (exact) mass is 257 g/mol. The van der Waals surface area contributed by atoms with Gasteiger partial charge in [-0.1, -0.05) is 6.07 Å². The van der Waals surface area contributed by atoms with Gasteiger partial charge >= 0.3 is 5.97 Å². The van der Waals surface area contributed by atoms with E-state index in [4.69, 9.17) is 9.47 Å². The van der Waals surface area contributed by atoms with Gasteiger partial charge in [0, 0.05) is 18.0 Å². The molecule has 0 atom stereocenters. The number of aromatic carboxylic acids is 1. The molecule has 0 fully saturated rings. The summed E-state index contributed by atoms with van der Waals surface area (Å²) in [5.74, 6) is -0.274. The Morgan fingerprint density at radius 2 is 2.05 bits per heavy atom. The highest BCUT2D eigenvalue weighted by atomic mass is 16.6. The molecule has 1 aromatic carbocycles. The maximum Gasteiger partial charge on any atom is 0.339 e. The van der Waals surface area contributed by atoms with Crippen molar-refractivity contribution in [3.8, 4) is 22.6 Å². The third-order valence-electron chi connectivity index (χ3n) is 2.87. The van der Waals surface area contributed by atoms with Crippen LogP contribution in [0.5, 0.6) is 11.5 Å². The number of hydrogen-bond donors (Lipinski definition) is 1. The Bertz CT molecular complexity index is 625. The van der Waals surface area contributed by atoms with Crippen molar-refractivity contribution < 1.29 is 19.4 Å². The van der Waals surface area contributed by atoms with E-state index in [1.807, 2.05) is 6.07 Å². The second-order valence-corrected chi connectivity index (χ2v) is 4.09. The van der Waals surface area contributed by atoms with Gasteiger partial charge in [0.25, 0.3) is 0 Å². The van der Waals surface area contributed by atoms with Crippen LogP contribution in [0, 0.1) is 0 Å². The minimum Gasteiger partial charge on any atom is -0.486 e. The van der Waals surface area contributed by atoms with Gasteiger partial charge in [-0.3, -0.25) is 4.98 Å². The number of ether oxygens (including phenoxy) is 2. The van der Waals surface area contributed by atoms with Gasteiger partial charge in [-0.05, 0) is 23.8 Å². The van der Waals surface area contributed by atoms with E-state index in [1.54, 1.807) is 30.6 Å². The van der Waals surface area contributed by atoms with Gasteiger partial charge in [-0.15, -0.1) is 0 Å². The normalized spacial score (nSPS) is 13.1. The lowest BCUT2D eigenvalue weighted by Crippen LogP contribution is -2.18. The number of nitrogens with zero attached hydrogens (tertiary/aromatic N) is 1. The van der Waals surface area contributed by atoms with E-state index < -0.39 is 5.97 Å². The first-order chi connectivity index (χ1) is 9.25. The van der Waals surface area contributed by atoms with Gasteiger partial charge in [0.15, 0.2) is 11.5 Å². The van der Waals surface area contributed by atoms with Crippen LogP contribution in [0.3, 0.4) is 0 Å². The van der Waals surface area contributed by atoms with Crippen molar-refractivity contribution in [2.75, 3.05) is 13.2 Å². The molecular weight excluding hydrogens is 246 g/mol. The summed E-state index contributed by atoms with van der Waals surface area (Å²) in [4.78, 5) is 15.3. The van der Waals surface area contributed by atoms with Crippen LogP contribution in [-0.4, -0.2) is 29.3 Å². The van der Waals surface area contributed by atoms with E-state index in [1.165, 1.54) is 0 Å². The minimum atomic E-state index is -1.03. The van der Waals surface area contributed by atoms with Crippen molar-refractivity contribution in [2.24, 2.45) is 0 Å². The number of carboxylic acids is 1. The summed E-state index contributed by atoms with van der Waals surface area (Å²) in [6, 6.07) is 7.02. The molecule has 0 saturated carbocycles. The molecule has 1 N–H and O–H groups in total. The molecule has 2 aromatic rings. The number of carboxylic acid groups (broad SMARTS) is 1. The van der Waals surface area contributed by atoms with Crippen LogP contribution in [0.4, 0.5) is 0 Å². The molecule has 96 valence electrons. The molecule has 0 radical (unpaired) electrons. The highest BCUT2D eigenvalue weighted by molar-refractivity contribution is 5.94. The third kappa shape index (κ3) is 2.10. The Morgan fingerprint density at radius 3 is 2.79 bits per heavy atom. The summed E-state index contributed by atoms with van der Waals surface area (Å²) in [5, 5.41) is 9.26. The second-order valence-electron chi connectivity index (χ2n) is 4.09. The number of hydrogen-bond acceptors (Lipinski definition) is 4. The topological polar surface area (TPSA) is 68.7 Å². The highest BCUT2D eigenvalue weighted by Crippen LogP contribution is 2.38. The fourth-order valence-electron chi connectivity index (χ4n) is 2.01. The molecule has 3 rings (SSSR count). The van der Waals surface area contributed by atoms with Crippen molar-refractivity contribution in [1.82, 2.24) is 4.98 Å². The number of pyridine rings is 1. The molecule has 19 heavy (non-hydrogen) atoms. The van der Waals surface area contributed by atoms with Crippen LogP contribution in [0.2, 0.25) is 0 Å². The van der Waals surface area contributed by atoms with Crippen molar-refractivity contribution in [3.63, 3.8) is 0 Å². The first-order valence-corrected chi connectivity index (χ1v) is 5.83. The first kappa shape index (κ1) is 11.5. The number of benzene rings is 1. The minimum absolute atomic E-state index is 0.107. The quantitative estimate of drug-likeness (QED) is 0.893. The molecule has 5 nitrogen and oxygen atoms in total. The molecule has 2 heterocycles. The van der Waals surface area contributed by atoms with Crippen molar-refractivity contribution in [1.29, 1.82) is 0 Å². The van der Waals surface area contributed by atoms with Crippen LogP contribution in [-0.2, 0) is 0 Å². The van der Waals surface area contributed by atoms with Crippen LogP contribution < -0.4 is 9.47 Å². The zero-order chi connectivity index (χ0) is 13.2. The lowest BCUT2D eigenvalue weighted by atomic mass is 10.0. The zero-order valence-corrected chi connectivity index (χ0v) is 10.00. The summed E-state index contributed by atoms with van der Waals surface area (Å²) >= 11 is 0. The molecule has 0 saturated heterocycles. The Morgan fingerprint density at radius 1 is 1.21 bits per heavy atom. The fraction of sp³-hybridized carbons (Fsp3) is 0.143. The molecule has 5 heteroatoms. The summed E-state index contributed by atoms with van der Waals surface area (Å²) in [6.45, 7) is 0.780. The smallest absolute Gasteiger partial charge is 0.339 e. The molecule has 0 unspecified atom stereocenters. The van der Waals surface area contributed by atoms with Gasteiger partial charge < -0.3 is 14.6 Å². The largest absolute Gasteiger partial charge is 0.486 e. The summed E-state index contributed by atoms with van der Waals surface area (Å²) in [6.07, 6.45) is 3.34. The van der Waals surface area contributed by atoms with Gasteiger partial charge in [-0.2, -0.15) is 0 Å². The van der Waals surface area contributed by atoms with E-state index in [9.17, 15) is 9.90 Å². The summed E-state index contributed by atoms with van der Waals surface area (Å²) < 4.78 is 10.9. The zero-order valence-electron chi connectivity index (χ0n) is 10.00. The summed E-state index contributed by atoms with van der Waals surface area (Å²) in [5.41, 5.74) is 1.69. The average molecular weight is 257 g/mol. The van der Waals surface area contributed by atoms with Crippen LogP contribution in [0.25, 0.3) is 11.1 Å². The molecule has 0 bridgehead atoms. The van der Waals surface area contributed by atoms with E-state index in [0.717, 1.165) is 11.1 Å². The maximum atomic E-state index is 11.3. The lowest BCUT2D eigenvalue weighted by Gasteiger charge is -2.21. The average Bonchev–Trinajstić information content (AvgIpc) is 2.47. The van der Waals surface area contributed by atoms with E-state index in [0.29, 0.717) is 24.7 Å². The summed E-state index contributed by atoms with van der Waals surface area (Å²) in [7, 11) is 0. The molecule has 0 aliphatic carbocycles. The van der Waals surface area contributed by atoms with Gasteiger partial charge in [0.1, 0.15) is 18.8 Å². The molecule has 1 aliphatic rings. The van der Waals surface area contributed by atoms with Crippen molar-refractivity contribution in [3.05, 3.63) is 42.2 Å². The predicted molar refractivity (Wildman–Crippen MR) is 67.6 cm³/mol. The third-order valence-corrected chi connectivity index (χ3v) is 2.87. The first-order valence-electron chi connectivity index (χ1n) is 5.83. The Labute approximate surface area is 109 Å². The SMILES string of the molecule is O=C(O)c1cc(-c2cccnc2)cc2c1OCCO2. The second kappa shape index (κ2) is 4.61. The number of aromatic nitrogens is 1. The maximum absolute atomic E-state index is 11.3. The number of rotatable bonds is 2.